The van der Waals surface area contributed by atoms with Crippen molar-refractivity contribution >= 4 is 0 Å². The van der Waals surface area contributed by atoms with Gasteiger partial charge >= 0.3 is 0 Å². The Hall–Kier alpha value is 0. The van der Waals surface area contributed by atoms with E-state index in [0.29, 0.717) is 0 Å². The minimum atomic E-state index is 0.974. The molecule has 2 atom stereocenters. The first-order valence-electron chi connectivity index (χ1n) is 18.8. The van der Waals surface area contributed by atoms with Crippen LogP contribution in [0.25, 0.3) is 0 Å². The van der Waals surface area contributed by atoms with Gasteiger partial charge in [0.05, 0.1) is 0 Å². The largest absolute Gasteiger partial charge is 0.0625 e. The van der Waals surface area contributed by atoms with Crippen molar-refractivity contribution in [2.24, 2.45) is 17.8 Å². The summed E-state index contributed by atoms with van der Waals surface area (Å²) >= 11 is 0. The Morgan fingerprint density at radius 1 is 0.289 bits per heavy atom. The highest BCUT2D eigenvalue weighted by Gasteiger charge is 2.13. The van der Waals surface area contributed by atoms with Crippen LogP contribution in [0.2, 0.25) is 0 Å². The van der Waals surface area contributed by atoms with Crippen molar-refractivity contribution in [2.45, 2.75) is 225 Å². The summed E-state index contributed by atoms with van der Waals surface area (Å²) in [6.07, 6.45) is 51.4. The molecule has 0 N–H and O–H groups in total. The zero-order valence-corrected chi connectivity index (χ0v) is 26.8. The fourth-order valence-corrected chi connectivity index (χ4v) is 7.78. The molecule has 0 aliphatic heterocycles. The van der Waals surface area contributed by atoms with E-state index in [4.69, 9.17) is 0 Å². The Morgan fingerprint density at radius 3 is 0.763 bits per heavy atom. The molecule has 0 heteroatoms. The average Bonchev–Trinajstić information content (AvgIpc) is 2.92. The molecule has 38 heavy (non-hydrogen) atoms. The van der Waals surface area contributed by atoms with E-state index >= 15 is 0 Å². The fourth-order valence-electron chi connectivity index (χ4n) is 7.78. The van der Waals surface area contributed by atoms with Gasteiger partial charge in [-0.2, -0.15) is 0 Å². The molecule has 2 aliphatic rings. The summed E-state index contributed by atoms with van der Waals surface area (Å²) in [4.78, 5) is 0. The second-order valence-electron chi connectivity index (χ2n) is 14.3. The lowest BCUT2D eigenvalue weighted by molar-refractivity contribution is 0.326. The average molecular weight is 531 g/mol. The van der Waals surface area contributed by atoms with Gasteiger partial charge in [0.2, 0.25) is 0 Å². The van der Waals surface area contributed by atoms with Crippen LogP contribution in [-0.2, 0) is 0 Å². The molecule has 0 nitrogen and oxygen atoms in total. The molecule has 226 valence electrons. The van der Waals surface area contributed by atoms with Gasteiger partial charge in [0, 0.05) is 0 Å². The molecule has 0 saturated heterocycles. The molecule has 2 fully saturated rings. The summed E-state index contributed by atoms with van der Waals surface area (Å²) < 4.78 is 0. The van der Waals surface area contributed by atoms with Gasteiger partial charge in [-0.3, -0.25) is 0 Å². The molecule has 0 aromatic rings. The highest BCUT2D eigenvalue weighted by molar-refractivity contribution is 4.67. The van der Waals surface area contributed by atoms with Crippen molar-refractivity contribution < 1.29 is 0 Å². The number of hydrogen-bond acceptors (Lipinski definition) is 0. The van der Waals surface area contributed by atoms with Crippen molar-refractivity contribution in [3.63, 3.8) is 0 Å². The van der Waals surface area contributed by atoms with Crippen LogP contribution in [0.15, 0.2) is 0 Å². The van der Waals surface area contributed by atoms with Gasteiger partial charge in [-0.05, 0) is 17.8 Å². The Morgan fingerprint density at radius 2 is 0.500 bits per heavy atom. The normalized spacial score (nSPS) is 27.7. The third kappa shape index (κ3) is 20.8. The van der Waals surface area contributed by atoms with Crippen LogP contribution in [0.5, 0.6) is 0 Å². The zero-order valence-electron chi connectivity index (χ0n) is 26.8. The molecule has 2 saturated carbocycles. The van der Waals surface area contributed by atoms with Gasteiger partial charge in [-0.25, -0.2) is 0 Å². The van der Waals surface area contributed by atoms with E-state index in [1.165, 1.54) is 180 Å². The lowest BCUT2D eigenvalue weighted by Gasteiger charge is -2.21. The van der Waals surface area contributed by atoms with Gasteiger partial charge in [0.1, 0.15) is 0 Å². The van der Waals surface area contributed by atoms with Crippen LogP contribution in [0.4, 0.5) is 0 Å². The predicted molar refractivity (Wildman–Crippen MR) is 173 cm³/mol. The Balaban J connectivity index is 1.71. The Bertz CT molecular complexity index is 449. The maximum atomic E-state index is 2.51. The van der Waals surface area contributed by atoms with Crippen LogP contribution >= 0.6 is 0 Å². The zero-order chi connectivity index (χ0) is 26.8. The molecule has 0 aromatic heterocycles. The SMILES string of the molecule is CC1CCCCCCCCCC(CCCC2CCCCCCCCCCCCCCCC2)CCCCCC1. The molecule has 0 radical (unpaired) electrons. The smallest absolute Gasteiger partial charge is 0.0414 e. The van der Waals surface area contributed by atoms with Gasteiger partial charge in [-0.15, -0.1) is 0 Å². The highest BCUT2D eigenvalue weighted by atomic mass is 14.2. The van der Waals surface area contributed by atoms with E-state index in [-0.39, 0.29) is 0 Å². The molecule has 0 bridgehead atoms. The first-order valence-corrected chi connectivity index (χ1v) is 18.8. The molecule has 2 rings (SSSR count). The van der Waals surface area contributed by atoms with Gasteiger partial charge in [0.25, 0.3) is 0 Å². The third-order valence-corrected chi connectivity index (χ3v) is 10.6. The minimum absolute atomic E-state index is 0.974. The highest BCUT2D eigenvalue weighted by Crippen LogP contribution is 2.29. The van der Waals surface area contributed by atoms with Crippen molar-refractivity contribution in [3.8, 4) is 0 Å². The van der Waals surface area contributed by atoms with Gasteiger partial charge in [0.15, 0.2) is 0 Å². The lowest BCUT2D eigenvalue weighted by atomic mass is 9.85. The Kier molecular flexibility index (Phi) is 23.3. The summed E-state index contributed by atoms with van der Waals surface area (Å²) in [5.41, 5.74) is 0. The quantitative estimate of drug-likeness (QED) is 0.339. The monoisotopic (exact) mass is 531 g/mol. The minimum Gasteiger partial charge on any atom is -0.0625 e. The van der Waals surface area contributed by atoms with Crippen molar-refractivity contribution in [2.75, 3.05) is 0 Å². The standard InChI is InChI=1S/C38H74/c1-36-28-21-15-11-10-14-18-25-32-38(33-26-20-19-22-29-36)35-27-34-37-30-23-16-12-8-6-4-2-3-5-7-9-13-17-24-31-37/h36-38H,2-35H2,1H3. The molecular formula is C38H74. The third-order valence-electron chi connectivity index (χ3n) is 10.6. The van der Waals surface area contributed by atoms with Crippen molar-refractivity contribution in [3.05, 3.63) is 0 Å². The molecule has 0 aromatic carbocycles. The van der Waals surface area contributed by atoms with Crippen LogP contribution < -0.4 is 0 Å². The number of hydrogen-bond donors (Lipinski definition) is 0. The fraction of sp³-hybridized carbons (Fsp3) is 1.00. The van der Waals surface area contributed by atoms with Crippen LogP contribution in [0, 0.1) is 17.8 Å². The van der Waals surface area contributed by atoms with E-state index in [0.717, 1.165) is 17.8 Å². The van der Waals surface area contributed by atoms with Gasteiger partial charge < -0.3 is 0 Å². The molecular weight excluding hydrogens is 456 g/mol. The van der Waals surface area contributed by atoms with Crippen LogP contribution in [0.1, 0.15) is 225 Å². The second-order valence-corrected chi connectivity index (χ2v) is 14.3. The molecule has 2 aliphatic carbocycles. The van der Waals surface area contributed by atoms with Crippen LogP contribution in [0.3, 0.4) is 0 Å². The first kappa shape index (κ1) is 34.2. The van der Waals surface area contributed by atoms with Crippen molar-refractivity contribution in [1.29, 1.82) is 0 Å². The molecule has 0 amide bonds. The molecule has 0 spiro atoms. The topological polar surface area (TPSA) is 0 Å². The van der Waals surface area contributed by atoms with Gasteiger partial charge in [-0.1, -0.05) is 225 Å². The summed E-state index contributed by atoms with van der Waals surface area (Å²) in [7, 11) is 0. The van der Waals surface area contributed by atoms with E-state index in [2.05, 4.69) is 6.92 Å². The predicted octanol–water partition coefficient (Wildman–Crippen LogP) is 14.1. The maximum absolute atomic E-state index is 2.51. The first-order chi connectivity index (χ1) is 18.8. The summed E-state index contributed by atoms with van der Waals surface area (Å²) in [5, 5.41) is 0. The second kappa shape index (κ2) is 25.9. The van der Waals surface area contributed by atoms with E-state index < -0.39 is 0 Å². The van der Waals surface area contributed by atoms with E-state index in [1.54, 1.807) is 38.5 Å². The summed E-state index contributed by atoms with van der Waals surface area (Å²) in [5.74, 6) is 3.06. The summed E-state index contributed by atoms with van der Waals surface area (Å²) in [6, 6.07) is 0. The summed E-state index contributed by atoms with van der Waals surface area (Å²) in [6.45, 7) is 2.51. The van der Waals surface area contributed by atoms with E-state index in [9.17, 15) is 0 Å². The molecule has 2 unspecified atom stereocenters. The number of rotatable bonds is 4. The maximum Gasteiger partial charge on any atom is -0.0414 e. The van der Waals surface area contributed by atoms with Crippen LogP contribution in [-0.4, -0.2) is 0 Å². The van der Waals surface area contributed by atoms with E-state index in [1.807, 2.05) is 0 Å². The Labute approximate surface area is 242 Å². The lowest BCUT2D eigenvalue weighted by Crippen LogP contribution is -2.06. The van der Waals surface area contributed by atoms with Crippen molar-refractivity contribution in [1.82, 2.24) is 0 Å². The molecule has 0 heterocycles.